The van der Waals surface area contributed by atoms with Gasteiger partial charge in [-0.25, -0.2) is 4.57 Å². The van der Waals surface area contributed by atoms with Crippen molar-refractivity contribution in [2.75, 3.05) is 53.8 Å². The van der Waals surface area contributed by atoms with Crippen LogP contribution in [0.5, 0.6) is 0 Å². The third kappa shape index (κ3) is 10.2. The molecule has 0 aromatic rings. The fourth-order valence-electron chi connectivity index (χ4n) is 2.23. The van der Waals surface area contributed by atoms with Gasteiger partial charge in [0.15, 0.2) is 0 Å². The first-order valence-corrected chi connectivity index (χ1v) is 9.70. The smallest absolute Gasteiger partial charge is 0.329 e. The molecule has 22 heavy (non-hydrogen) atoms. The van der Waals surface area contributed by atoms with Crippen LogP contribution in [0.2, 0.25) is 0 Å². The van der Waals surface area contributed by atoms with Gasteiger partial charge in [0.1, 0.15) is 13.2 Å². The maximum Gasteiger partial charge on any atom is 0.474 e. The number of likely N-dealkylation sites (N-methyl/N-ethyl adjacent to an activating group) is 1. The highest BCUT2D eigenvalue weighted by Gasteiger charge is 2.33. The van der Waals surface area contributed by atoms with E-state index < -0.39 is 7.82 Å². The monoisotopic (exact) mass is 356 g/mol. The van der Waals surface area contributed by atoms with E-state index in [-0.39, 0.29) is 10.8 Å². The van der Waals surface area contributed by atoms with Crippen molar-refractivity contribution in [2.24, 2.45) is 10.8 Å². The molecule has 0 aliphatic rings. The highest BCUT2D eigenvalue weighted by molar-refractivity contribution is 7.80. The predicted molar refractivity (Wildman–Crippen MR) is 95.5 cm³/mol. The van der Waals surface area contributed by atoms with Crippen LogP contribution in [0.15, 0.2) is 0 Å². The number of phosphoric acid groups is 1. The molecular formula is C15H35NO4PS+. The van der Waals surface area contributed by atoms with Crippen molar-refractivity contribution in [3.63, 3.8) is 0 Å². The maximum absolute atomic E-state index is 12.5. The molecule has 0 spiro atoms. The summed E-state index contributed by atoms with van der Waals surface area (Å²) < 4.78 is 29.1. The van der Waals surface area contributed by atoms with Crippen LogP contribution < -0.4 is 0 Å². The molecule has 134 valence electrons. The summed E-state index contributed by atoms with van der Waals surface area (Å²) >= 11 is 4.38. The van der Waals surface area contributed by atoms with Gasteiger partial charge in [0.05, 0.1) is 27.7 Å². The summed E-state index contributed by atoms with van der Waals surface area (Å²) in [7, 11) is 4.01. The largest absolute Gasteiger partial charge is 0.474 e. The van der Waals surface area contributed by atoms with Crippen molar-refractivity contribution in [3.8, 4) is 0 Å². The minimum Gasteiger partial charge on any atom is -0.329 e. The topological polar surface area (TPSA) is 44.8 Å². The normalized spacial score (nSPS) is 16.6. The van der Waals surface area contributed by atoms with E-state index >= 15 is 0 Å². The van der Waals surface area contributed by atoms with Gasteiger partial charge >= 0.3 is 7.82 Å². The first kappa shape index (κ1) is 22.4. The molecular weight excluding hydrogens is 321 g/mol. The lowest BCUT2D eigenvalue weighted by Gasteiger charge is -2.34. The number of phosphoric ester groups is 1. The lowest BCUT2D eigenvalue weighted by Crippen LogP contribution is -2.37. The van der Waals surface area contributed by atoms with Gasteiger partial charge in [0.2, 0.25) is 0 Å². The number of nitrogens with zero attached hydrogens (tertiary/aromatic N) is 1. The second kappa shape index (κ2) is 8.50. The molecule has 0 amide bonds. The van der Waals surface area contributed by atoms with Crippen molar-refractivity contribution >= 4 is 20.5 Å². The summed E-state index contributed by atoms with van der Waals surface area (Å²) in [6, 6.07) is 0. The molecule has 0 aromatic heterocycles. The van der Waals surface area contributed by atoms with Gasteiger partial charge in [-0.1, -0.05) is 27.7 Å². The van der Waals surface area contributed by atoms with Crippen LogP contribution in [-0.2, 0) is 18.1 Å². The summed E-state index contributed by atoms with van der Waals surface area (Å²) in [4.78, 5) is 0. The molecule has 0 fully saturated rings. The van der Waals surface area contributed by atoms with E-state index in [2.05, 4.69) is 40.3 Å². The Morgan fingerprint density at radius 1 is 1.05 bits per heavy atom. The number of thiol groups is 1. The lowest BCUT2D eigenvalue weighted by atomic mass is 9.77. The Bertz CT molecular complexity index is 380. The Morgan fingerprint density at radius 3 is 2.00 bits per heavy atom. The zero-order chi connectivity index (χ0) is 17.7. The summed E-state index contributed by atoms with van der Waals surface area (Å²) in [5.41, 5.74) is -0.0402. The van der Waals surface area contributed by atoms with E-state index in [0.29, 0.717) is 13.2 Å². The summed E-state index contributed by atoms with van der Waals surface area (Å²) in [6.07, 6.45) is 0.909. The van der Waals surface area contributed by atoms with Crippen LogP contribution in [0.1, 0.15) is 34.1 Å². The molecule has 0 radical (unpaired) electrons. The Kier molecular flexibility index (Phi) is 8.66. The molecule has 0 saturated heterocycles. The summed E-state index contributed by atoms with van der Waals surface area (Å²) in [5, 5.41) is 0. The zero-order valence-electron chi connectivity index (χ0n) is 15.5. The molecule has 0 N–H and O–H groups in total. The average Bonchev–Trinajstić information content (AvgIpc) is 2.34. The Hall–Kier alpha value is 0.420. The molecule has 0 heterocycles. The highest BCUT2D eigenvalue weighted by Crippen LogP contribution is 2.50. The molecule has 5 nitrogen and oxygen atoms in total. The van der Waals surface area contributed by atoms with Crippen molar-refractivity contribution in [1.29, 1.82) is 0 Å². The maximum atomic E-state index is 12.5. The molecule has 1 atom stereocenters. The van der Waals surface area contributed by atoms with Gasteiger partial charge in [-0.05, 0) is 23.0 Å². The molecule has 0 aromatic carbocycles. The van der Waals surface area contributed by atoms with Crippen molar-refractivity contribution < 1.29 is 22.6 Å². The van der Waals surface area contributed by atoms with Crippen LogP contribution in [0.3, 0.4) is 0 Å². The number of hydrogen-bond acceptors (Lipinski definition) is 5. The second-order valence-corrected chi connectivity index (χ2v) is 10.5. The Balaban J connectivity index is 4.51. The van der Waals surface area contributed by atoms with E-state index in [9.17, 15) is 4.57 Å². The first-order chi connectivity index (χ1) is 9.74. The second-order valence-electron chi connectivity index (χ2n) is 8.41. The molecule has 7 heteroatoms. The van der Waals surface area contributed by atoms with E-state index in [1.54, 1.807) is 0 Å². The van der Waals surface area contributed by atoms with Gasteiger partial charge in [0, 0.05) is 7.11 Å². The molecule has 0 saturated carbocycles. The lowest BCUT2D eigenvalue weighted by molar-refractivity contribution is -0.870. The SMILES string of the molecule is COP(=O)(OCC[N+](C)(C)C)OCC(C)(C)CC(C)(C)CS. The fourth-order valence-corrected chi connectivity index (χ4v) is 3.44. The molecule has 0 aliphatic heterocycles. The minimum absolute atomic E-state index is 0.0948. The van der Waals surface area contributed by atoms with Gasteiger partial charge < -0.3 is 4.48 Å². The highest BCUT2D eigenvalue weighted by atomic mass is 32.1. The summed E-state index contributed by atoms with van der Waals surface area (Å²) in [6.45, 7) is 9.88. The van der Waals surface area contributed by atoms with Crippen molar-refractivity contribution in [1.82, 2.24) is 0 Å². The van der Waals surface area contributed by atoms with Crippen LogP contribution in [0.4, 0.5) is 0 Å². The fraction of sp³-hybridized carbons (Fsp3) is 1.00. The minimum atomic E-state index is -3.49. The van der Waals surface area contributed by atoms with Crippen LogP contribution in [0.25, 0.3) is 0 Å². The van der Waals surface area contributed by atoms with E-state index in [1.807, 2.05) is 21.1 Å². The molecule has 1 unspecified atom stereocenters. The van der Waals surface area contributed by atoms with E-state index in [4.69, 9.17) is 13.6 Å². The van der Waals surface area contributed by atoms with Crippen LogP contribution in [-0.4, -0.2) is 58.2 Å². The Labute approximate surface area is 142 Å². The average molecular weight is 356 g/mol. The Morgan fingerprint density at radius 2 is 1.59 bits per heavy atom. The molecule has 0 aliphatic carbocycles. The van der Waals surface area contributed by atoms with E-state index in [1.165, 1.54) is 7.11 Å². The number of hydrogen-bond donors (Lipinski definition) is 1. The molecule has 0 bridgehead atoms. The zero-order valence-corrected chi connectivity index (χ0v) is 17.3. The molecule has 0 rings (SSSR count). The third-order valence-electron chi connectivity index (χ3n) is 3.23. The van der Waals surface area contributed by atoms with Crippen LogP contribution >= 0.6 is 20.5 Å². The quantitative estimate of drug-likeness (QED) is 0.347. The van der Waals surface area contributed by atoms with Crippen molar-refractivity contribution in [3.05, 3.63) is 0 Å². The first-order valence-electron chi connectivity index (χ1n) is 7.60. The predicted octanol–water partition coefficient (Wildman–Crippen LogP) is 3.85. The standard InChI is InChI=1S/C15H34NO4PS/c1-14(2,11-15(3,4)13-22)12-20-21(17,18-8)19-10-9-16(5,6)7/h9-13H2,1-8H3/p+1. The van der Waals surface area contributed by atoms with Gasteiger partial charge in [0.25, 0.3) is 0 Å². The summed E-state index contributed by atoms with van der Waals surface area (Å²) in [5.74, 6) is 0.790. The number of quaternary nitrogens is 1. The van der Waals surface area contributed by atoms with Gasteiger partial charge in [-0.15, -0.1) is 0 Å². The number of rotatable bonds is 11. The van der Waals surface area contributed by atoms with E-state index in [0.717, 1.165) is 23.2 Å². The van der Waals surface area contributed by atoms with Gasteiger partial charge in [-0.3, -0.25) is 13.6 Å². The third-order valence-corrected chi connectivity index (χ3v) is 5.48. The van der Waals surface area contributed by atoms with Crippen molar-refractivity contribution in [2.45, 2.75) is 34.1 Å². The van der Waals surface area contributed by atoms with Gasteiger partial charge in [-0.2, -0.15) is 12.6 Å². The van der Waals surface area contributed by atoms with Crippen LogP contribution in [0, 0.1) is 10.8 Å².